The van der Waals surface area contributed by atoms with Crippen LogP contribution in [0.5, 0.6) is 0 Å². The van der Waals surface area contributed by atoms with Gasteiger partial charge >= 0.3 is 11.9 Å². The maximum absolute atomic E-state index is 11.1. The minimum absolute atomic E-state index is 0.0419. The van der Waals surface area contributed by atoms with Gasteiger partial charge in [-0.3, -0.25) is 4.79 Å². The van der Waals surface area contributed by atoms with E-state index in [0.29, 0.717) is 12.8 Å². The molecule has 0 bridgehead atoms. The van der Waals surface area contributed by atoms with E-state index in [1.165, 1.54) is 88.0 Å². The van der Waals surface area contributed by atoms with Crippen LogP contribution in [-0.4, -0.2) is 38.6 Å². The smallest absolute Gasteiger partial charge is 0.335 e. The van der Waals surface area contributed by atoms with E-state index in [-0.39, 0.29) is 17.2 Å². The Morgan fingerprint density at radius 2 is 1.30 bits per heavy atom. The molecule has 0 heterocycles. The molecule has 0 aliphatic carbocycles. The van der Waals surface area contributed by atoms with Gasteiger partial charge in [-0.25, -0.2) is 4.79 Å². The van der Waals surface area contributed by atoms with E-state index in [9.17, 15) is 14.7 Å². The van der Waals surface area contributed by atoms with Crippen LogP contribution in [0.2, 0.25) is 0 Å². The second-order valence-corrected chi connectivity index (χ2v) is 11.9. The number of unbranched alkanes of at least 4 members (excludes halogenated alkanes) is 11. The van der Waals surface area contributed by atoms with Gasteiger partial charge in [-0.2, -0.15) is 0 Å². The molecule has 0 unspecified atom stereocenters. The second-order valence-electron chi connectivity index (χ2n) is 10.6. The number of allylic oxidation sites excluding steroid dienone is 1. The summed E-state index contributed by atoms with van der Waals surface area (Å²) in [6.07, 6.45) is 20.7. The Morgan fingerprint density at radius 3 is 1.88 bits per heavy atom. The van der Waals surface area contributed by atoms with Crippen LogP contribution >= 0.6 is 11.8 Å². The van der Waals surface area contributed by atoms with Crippen molar-refractivity contribution in [1.82, 2.24) is 0 Å². The zero-order valence-electron chi connectivity index (χ0n) is 23.9. The molecule has 0 amide bonds. The molecule has 0 aliphatic rings. The molecule has 2 atom stereocenters. The number of aromatic carboxylic acids is 1. The molecule has 5 nitrogen and oxygen atoms in total. The SMILES string of the molecule is O=C(O)CCC[C@H](O)[C@@H](/C=C\CCCCCCCCCCCCCc1ccccc1)Sc1ccc(C(=O)O)cc1. The van der Waals surface area contributed by atoms with Crippen LogP contribution in [0.1, 0.15) is 112 Å². The van der Waals surface area contributed by atoms with Crippen molar-refractivity contribution < 1.29 is 24.9 Å². The lowest BCUT2D eigenvalue weighted by Gasteiger charge is -2.19. The third-order valence-electron chi connectivity index (χ3n) is 7.15. The van der Waals surface area contributed by atoms with Gasteiger partial charge in [-0.15, -0.1) is 11.8 Å². The average Bonchev–Trinajstić information content (AvgIpc) is 2.95. The molecule has 0 aromatic heterocycles. The zero-order valence-corrected chi connectivity index (χ0v) is 24.7. The first kappa shape index (κ1) is 33.6. The molecule has 2 aromatic rings. The molecule has 0 saturated heterocycles. The summed E-state index contributed by atoms with van der Waals surface area (Å²) in [5, 5.41) is 28.5. The molecule has 3 N–H and O–H groups in total. The molecule has 0 spiro atoms. The van der Waals surface area contributed by atoms with Crippen molar-refractivity contribution in [3.8, 4) is 0 Å². The quantitative estimate of drug-likeness (QED) is 0.0704. The first-order chi connectivity index (χ1) is 19.5. The summed E-state index contributed by atoms with van der Waals surface area (Å²) in [7, 11) is 0. The molecule has 6 heteroatoms. The van der Waals surface area contributed by atoms with E-state index in [0.717, 1.165) is 17.7 Å². The fourth-order valence-electron chi connectivity index (χ4n) is 4.76. The van der Waals surface area contributed by atoms with E-state index in [1.54, 1.807) is 24.3 Å². The molecule has 0 radical (unpaired) electrons. The van der Waals surface area contributed by atoms with Gasteiger partial charge in [0.25, 0.3) is 0 Å². The lowest BCUT2D eigenvalue weighted by molar-refractivity contribution is -0.137. The van der Waals surface area contributed by atoms with Gasteiger partial charge in [0.15, 0.2) is 0 Å². The number of rotatable bonds is 23. The van der Waals surface area contributed by atoms with Gasteiger partial charge < -0.3 is 15.3 Å². The zero-order chi connectivity index (χ0) is 28.8. The maximum atomic E-state index is 11.1. The third-order valence-corrected chi connectivity index (χ3v) is 8.44. The number of hydrogen-bond acceptors (Lipinski definition) is 4. The molecule has 220 valence electrons. The Kier molecular flexibility index (Phi) is 17.8. The molecule has 2 rings (SSSR count). The van der Waals surface area contributed by atoms with Crippen molar-refractivity contribution in [2.75, 3.05) is 0 Å². The van der Waals surface area contributed by atoms with E-state index in [2.05, 4.69) is 36.4 Å². The lowest BCUT2D eigenvalue weighted by Crippen LogP contribution is -2.21. The Balaban J connectivity index is 1.56. The molecule has 40 heavy (non-hydrogen) atoms. The van der Waals surface area contributed by atoms with Crippen LogP contribution in [0.3, 0.4) is 0 Å². The van der Waals surface area contributed by atoms with Crippen molar-refractivity contribution in [3.63, 3.8) is 0 Å². The van der Waals surface area contributed by atoms with Gasteiger partial charge in [0.1, 0.15) is 0 Å². The van der Waals surface area contributed by atoms with Crippen LogP contribution in [0.25, 0.3) is 0 Å². The number of aliphatic hydroxyl groups is 1. The summed E-state index contributed by atoms with van der Waals surface area (Å²) in [4.78, 5) is 22.8. The van der Waals surface area contributed by atoms with Crippen LogP contribution in [0, 0.1) is 0 Å². The highest BCUT2D eigenvalue weighted by Gasteiger charge is 2.18. The molecule has 0 aliphatic heterocycles. The van der Waals surface area contributed by atoms with Gasteiger partial charge in [0.05, 0.1) is 16.9 Å². The van der Waals surface area contributed by atoms with Gasteiger partial charge in [-0.05, 0) is 68.4 Å². The number of carboxylic acid groups (broad SMARTS) is 2. The minimum Gasteiger partial charge on any atom is -0.481 e. The second kappa shape index (κ2) is 21.2. The van der Waals surface area contributed by atoms with Crippen molar-refractivity contribution in [2.45, 2.75) is 119 Å². The molecular weight excluding hydrogens is 520 g/mol. The Hall–Kier alpha value is -2.57. The number of aryl methyl sites for hydroxylation is 1. The summed E-state index contributed by atoms with van der Waals surface area (Å²) in [6, 6.07) is 17.4. The van der Waals surface area contributed by atoms with Gasteiger partial charge in [0.2, 0.25) is 0 Å². The number of aliphatic carboxylic acids is 1. The molecule has 2 aromatic carbocycles. The standard InChI is InChI=1S/C34H48O5S/c35-31(21-17-23-33(36)37)32(40-30-26-24-29(25-27-30)34(38)39)22-16-11-9-7-5-3-1-2-4-6-8-10-13-18-28-19-14-12-15-20-28/h12,14-16,19-20,22,24-27,31-32,35H,1-11,13,17-18,21,23H2,(H,36,37)(H,38,39)/b22-16-/t31-,32+/m0/s1. The summed E-state index contributed by atoms with van der Waals surface area (Å²) in [6.45, 7) is 0. The Bertz CT molecular complexity index is 974. The maximum Gasteiger partial charge on any atom is 0.335 e. The van der Waals surface area contributed by atoms with Crippen molar-refractivity contribution >= 4 is 23.7 Å². The normalized spacial score (nSPS) is 12.9. The number of thioether (sulfide) groups is 1. The minimum atomic E-state index is -0.966. The van der Waals surface area contributed by atoms with Crippen LogP contribution in [-0.2, 0) is 11.2 Å². The topological polar surface area (TPSA) is 94.8 Å². The summed E-state index contributed by atoms with van der Waals surface area (Å²) < 4.78 is 0. The summed E-state index contributed by atoms with van der Waals surface area (Å²) in [5.74, 6) is -1.82. The summed E-state index contributed by atoms with van der Waals surface area (Å²) >= 11 is 1.48. The Morgan fingerprint density at radius 1 is 0.725 bits per heavy atom. The number of benzene rings is 2. The van der Waals surface area contributed by atoms with Crippen LogP contribution in [0.15, 0.2) is 71.6 Å². The largest absolute Gasteiger partial charge is 0.481 e. The highest BCUT2D eigenvalue weighted by atomic mass is 32.2. The van der Waals surface area contributed by atoms with Crippen molar-refractivity contribution in [3.05, 3.63) is 77.9 Å². The molecular formula is C34H48O5S. The number of carboxylic acids is 2. The number of hydrogen-bond donors (Lipinski definition) is 3. The molecule has 0 saturated carbocycles. The molecule has 0 fully saturated rings. The lowest BCUT2D eigenvalue weighted by atomic mass is 10.0. The van der Waals surface area contributed by atoms with Gasteiger partial charge in [0, 0.05) is 11.3 Å². The fourth-order valence-corrected chi connectivity index (χ4v) is 5.85. The van der Waals surface area contributed by atoms with E-state index in [1.807, 2.05) is 6.08 Å². The predicted molar refractivity (Wildman–Crippen MR) is 165 cm³/mol. The summed E-state index contributed by atoms with van der Waals surface area (Å²) in [5.41, 5.74) is 1.68. The first-order valence-corrected chi connectivity index (χ1v) is 15.9. The van der Waals surface area contributed by atoms with E-state index < -0.39 is 18.0 Å². The van der Waals surface area contributed by atoms with Crippen molar-refractivity contribution in [2.24, 2.45) is 0 Å². The van der Waals surface area contributed by atoms with Crippen LogP contribution in [0.4, 0.5) is 0 Å². The monoisotopic (exact) mass is 568 g/mol. The predicted octanol–water partition coefficient (Wildman–Crippen LogP) is 8.94. The average molecular weight is 569 g/mol. The Labute approximate surface area is 245 Å². The van der Waals surface area contributed by atoms with Crippen molar-refractivity contribution in [1.29, 1.82) is 0 Å². The third kappa shape index (κ3) is 15.9. The number of carbonyl (C=O) groups is 2. The van der Waals surface area contributed by atoms with E-state index in [4.69, 9.17) is 10.2 Å². The highest BCUT2D eigenvalue weighted by Crippen LogP contribution is 2.29. The highest BCUT2D eigenvalue weighted by molar-refractivity contribution is 8.00. The van der Waals surface area contributed by atoms with Gasteiger partial charge in [-0.1, -0.05) is 100 Å². The van der Waals surface area contributed by atoms with E-state index >= 15 is 0 Å². The fraction of sp³-hybridized carbons (Fsp3) is 0.529. The number of aliphatic hydroxyl groups excluding tert-OH is 1. The first-order valence-electron chi connectivity index (χ1n) is 15.1. The van der Waals surface area contributed by atoms with Crippen LogP contribution < -0.4 is 0 Å².